The summed E-state index contributed by atoms with van der Waals surface area (Å²) in [6.07, 6.45) is 2.35. The van der Waals surface area contributed by atoms with Crippen LogP contribution in [0.25, 0.3) is 0 Å². The van der Waals surface area contributed by atoms with E-state index in [0.717, 1.165) is 39.0 Å². The summed E-state index contributed by atoms with van der Waals surface area (Å²) in [5, 5.41) is 12.3. The van der Waals surface area contributed by atoms with Gasteiger partial charge in [-0.15, -0.1) is 0 Å². The summed E-state index contributed by atoms with van der Waals surface area (Å²) >= 11 is 0. The number of likely N-dealkylation sites (tertiary alicyclic amines) is 1. The highest BCUT2D eigenvalue weighted by molar-refractivity contribution is 5.68. The van der Waals surface area contributed by atoms with E-state index in [1.165, 1.54) is 0 Å². The van der Waals surface area contributed by atoms with Crippen LogP contribution in [-0.2, 0) is 9.53 Å². The number of rotatable bonds is 4. The van der Waals surface area contributed by atoms with E-state index in [1.807, 2.05) is 0 Å². The Hall–Kier alpha value is -0.650. The number of methoxy groups -OCH3 is 1. The van der Waals surface area contributed by atoms with E-state index >= 15 is 0 Å². The molecule has 1 unspecified atom stereocenters. The van der Waals surface area contributed by atoms with Gasteiger partial charge in [-0.3, -0.25) is 9.69 Å². The average molecular weight is 242 g/mol. The fourth-order valence-corrected chi connectivity index (χ4v) is 2.93. The lowest BCUT2D eigenvalue weighted by Crippen LogP contribution is -2.72. The molecule has 0 saturated carbocycles. The number of hydrogen-bond donors (Lipinski definition) is 2. The molecule has 0 aromatic heterocycles. The summed E-state index contributed by atoms with van der Waals surface area (Å²) in [6.45, 7) is 5.48. The number of nitrogens with zero attached hydrogens (tertiary/aromatic N) is 1. The van der Waals surface area contributed by atoms with Gasteiger partial charge >= 0.3 is 5.97 Å². The van der Waals surface area contributed by atoms with Crippen molar-refractivity contribution in [2.75, 3.05) is 33.3 Å². The molecule has 0 bridgehead atoms. The molecule has 0 radical (unpaired) electrons. The molecule has 2 aliphatic rings. The highest BCUT2D eigenvalue weighted by atomic mass is 16.5. The van der Waals surface area contributed by atoms with Crippen molar-refractivity contribution in [1.29, 1.82) is 0 Å². The normalized spacial score (nSPS) is 33.1. The molecule has 2 aliphatic heterocycles. The highest BCUT2D eigenvalue weighted by Gasteiger charge is 2.47. The monoisotopic (exact) mass is 242 g/mol. The quantitative estimate of drug-likeness (QED) is 0.742. The zero-order valence-electron chi connectivity index (χ0n) is 10.7. The first-order valence-electron chi connectivity index (χ1n) is 6.22. The maximum absolute atomic E-state index is 11.0. The minimum Gasteiger partial charge on any atom is -0.481 e. The van der Waals surface area contributed by atoms with E-state index in [0.29, 0.717) is 0 Å². The molecular weight excluding hydrogens is 220 g/mol. The molecule has 0 amide bonds. The molecule has 1 atom stereocenters. The smallest absolute Gasteiger partial charge is 0.305 e. The second kappa shape index (κ2) is 4.55. The third-order valence-corrected chi connectivity index (χ3v) is 4.21. The standard InChI is InChI=1S/C12H22N2O3/c1-11(17-2)4-3-5-14(9-11)12(6-10(15)16)7-13-8-12/h13H,3-9H2,1-2H3,(H,15,16). The molecule has 2 heterocycles. The van der Waals surface area contributed by atoms with Gasteiger partial charge in [-0.25, -0.2) is 0 Å². The largest absolute Gasteiger partial charge is 0.481 e. The summed E-state index contributed by atoms with van der Waals surface area (Å²) < 4.78 is 5.57. The van der Waals surface area contributed by atoms with Gasteiger partial charge in [0.15, 0.2) is 0 Å². The number of ether oxygens (including phenoxy) is 1. The Bertz CT molecular complexity index is 304. The topological polar surface area (TPSA) is 61.8 Å². The summed E-state index contributed by atoms with van der Waals surface area (Å²) in [4.78, 5) is 13.3. The third-order valence-electron chi connectivity index (χ3n) is 4.21. The van der Waals surface area contributed by atoms with Gasteiger partial charge in [-0.1, -0.05) is 0 Å². The number of hydrogen-bond acceptors (Lipinski definition) is 4. The molecule has 0 aromatic rings. The molecule has 0 spiro atoms. The van der Waals surface area contributed by atoms with E-state index < -0.39 is 5.97 Å². The lowest BCUT2D eigenvalue weighted by Gasteiger charge is -2.54. The number of carbonyl (C=O) groups is 1. The molecule has 5 heteroatoms. The molecule has 2 fully saturated rings. The van der Waals surface area contributed by atoms with Crippen LogP contribution < -0.4 is 5.32 Å². The van der Waals surface area contributed by atoms with Crippen molar-refractivity contribution < 1.29 is 14.6 Å². The summed E-state index contributed by atoms with van der Waals surface area (Å²) in [6, 6.07) is 0. The first-order valence-corrected chi connectivity index (χ1v) is 6.22. The first kappa shape index (κ1) is 12.8. The SMILES string of the molecule is COC1(C)CCCN(C2(CC(=O)O)CNC2)C1. The van der Waals surface area contributed by atoms with Gasteiger partial charge < -0.3 is 15.2 Å². The molecule has 5 nitrogen and oxygen atoms in total. The van der Waals surface area contributed by atoms with Gasteiger partial charge in [0.1, 0.15) is 0 Å². The van der Waals surface area contributed by atoms with E-state index in [-0.39, 0.29) is 17.6 Å². The molecule has 2 saturated heterocycles. The second-order valence-corrected chi connectivity index (χ2v) is 5.58. The van der Waals surface area contributed by atoms with Crippen LogP contribution in [-0.4, -0.2) is 60.4 Å². The Kier molecular flexibility index (Phi) is 3.43. The van der Waals surface area contributed by atoms with E-state index in [1.54, 1.807) is 7.11 Å². The van der Waals surface area contributed by atoms with Gasteiger partial charge in [0.2, 0.25) is 0 Å². The zero-order valence-corrected chi connectivity index (χ0v) is 10.7. The lowest BCUT2D eigenvalue weighted by molar-refractivity contribution is -0.145. The van der Waals surface area contributed by atoms with Crippen molar-refractivity contribution in [3.05, 3.63) is 0 Å². The number of piperidine rings is 1. The molecule has 2 N–H and O–H groups in total. The van der Waals surface area contributed by atoms with Crippen molar-refractivity contribution >= 4 is 5.97 Å². The van der Waals surface area contributed by atoms with Gasteiger partial charge in [0.05, 0.1) is 17.6 Å². The van der Waals surface area contributed by atoms with Crippen molar-refractivity contribution in [1.82, 2.24) is 10.2 Å². The molecule has 2 rings (SSSR count). The lowest BCUT2D eigenvalue weighted by atomic mass is 9.82. The van der Waals surface area contributed by atoms with Crippen LogP contribution in [0.3, 0.4) is 0 Å². The minimum atomic E-state index is -0.712. The second-order valence-electron chi connectivity index (χ2n) is 5.58. The zero-order chi connectivity index (χ0) is 12.5. The van der Waals surface area contributed by atoms with Crippen molar-refractivity contribution in [2.45, 2.75) is 37.3 Å². The maximum Gasteiger partial charge on any atom is 0.305 e. The Morgan fingerprint density at radius 2 is 2.24 bits per heavy atom. The van der Waals surface area contributed by atoms with Gasteiger partial charge in [-0.05, 0) is 26.3 Å². The molecule has 17 heavy (non-hydrogen) atoms. The number of carboxylic acid groups (broad SMARTS) is 1. The fraction of sp³-hybridized carbons (Fsp3) is 0.917. The predicted molar refractivity (Wildman–Crippen MR) is 64.1 cm³/mol. The van der Waals surface area contributed by atoms with Crippen LogP contribution >= 0.6 is 0 Å². The third kappa shape index (κ3) is 2.46. The highest BCUT2D eigenvalue weighted by Crippen LogP contribution is 2.33. The maximum atomic E-state index is 11.0. The number of nitrogens with one attached hydrogen (secondary N) is 1. The van der Waals surface area contributed by atoms with Crippen LogP contribution in [0, 0.1) is 0 Å². The Morgan fingerprint density at radius 1 is 1.53 bits per heavy atom. The van der Waals surface area contributed by atoms with E-state index in [4.69, 9.17) is 9.84 Å². The number of aliphatic carboxylic acids is 1. The average Bonchev–Trinajstić information content (AvgIpc) is 2.23. The van der Waals surface area contributed by atoms with Crippen molar-refractivity contribution in [3.63, 3.8) is 0 Å². The minimum absolute atomic E-state index is 0.126. The first-order chi connectivity index (χ1) is 8.00. The van der Waals surface area contributed by atoms with Crippen LogP contribution in [0.4, 0.5) is 0 Å². The Balaban J connectivity index is 2.07. The molecule has 98 valence electrons. The van der Waals surface area contributed by atoms with E-state index in [2.05, 4.69) is 17.1 Å². The van der Waals surface area contributed by atoms with Crippen molar-refractivity contribution in [2.24, 2.45) is 0 Å². The Labute approximate surface area is 102 Å². The number of carboxylic acids is 1. The Morgan fingerprint density at radius 3 is 2.71 bits per heavy atom. The molecular formula is C12H22N2O3. The van der Waals surface area contributed by atoms with Gasteiger partial charge in [-0.2, -0.15) is 0 Å². The van der Waals surface area contributed by atoms with E-state index in [9.17, 15) is 4.79 Å². The van der Waals surface area contributed by atoms with Gasteiger partial charge in [0, 0.05) is 26.7 Å². The van der Waals surface area contributed by atoms with Crippen LogP contribution in [0.2, 0.25) is 0 Å². The summed E-state index contributed by atoms with van der Waals surface area (Å²) in [5.41, 5.74) is -0.314. The molecule has 0 aliphatic carbocycles. The summed E-state index contributed by atoms with van der Waals surface area (Å²) in [5.74, 6) is -0.712. The van der Waals surface area contributed by atoms with Crippen LogP contribution in [0.15, 0.2) is 0 Å². The van der Waals surface area contributed by atoms with Gasteiger partial charge in [0.25, 0.3) is 0 Å². The van der Waals surface area contributed by atoms with Crippen molar-refractivity contribution in [3.8, 4) is 0 Å². The van der Waals surface area contributed by atoms with Crippen LogP contribution in [0.5, 0.6) is 0 Å². The fourth-order valence-electron chi connectivity index (χ4n) is 2.93. The van der Waals surface area contributed by atoms with Crippen LogP contribution in [0.1, 0.15) is 26.2 Å². The molecule has 0 aromatic carbocycles. The predicted octanol–water partition coefficient (Wildman–Crippen LogP) is 0.304. The summed E-state index contributed by atoms with van der Waals surface area (Å²) in [7, 11) is 1.74.